The lowest BCUT2D eigenvalue weighted by molar-refractivity contribution is -0.138. The number of carbonyl (C=O) groups is 2. The van der Waals surface area contributed by atoms with E-state index < -0.39 is 29.7 Å². The van der Waals surface area contributed by atoms with Crippen LogP contribution in [0.1, 0.15) is 66.0 Å². The molecule has 0 saturated carbocycles. The van der Waals surface area contributed by atoms with Gasteiger partial charge in [0.2, 0.25) is 11.9 Å². The Kier molecular flexibility index (Phi) is 8.91. The van der Waals surface area contributed by atoms with Gasteiger partial charge in [-0.2, -0.15) is 13.2 Å². The fourth-order valence-electron chi connectivity index (χ4n) is 5.21. The van der Waals surface area contributed by atoms with Crippen LogP contribution >= 0.6 is 0 Å². The number of amides is 2. The zero-order chi connectivity index (χ0) is 28.9. The molecule has 0 radical (unpaired) electrons. The summed E-state index contributed by atoms with van der Waals surface area (Å²) >= 11 is 0. The van der Waals surface area contributed by atoms with Crippen molar-refractivity contribution in [2.24, 2.45) is 5.73 Å². The van der Waals surface area contributed by atoms with Gasteiger partial charge in [0.25, 0.3) is 0 Å². The standard InChI is InChI=1S/C29H32F3N5O3/c1-2-22(26(33)38)23-6-4-3-5-20(23)9-12-25-24(29(30,31)32)17-34-27(36-25)35-21-10-7-18(8-11-21)19-13-15-37(16-14-19)28(39)40/h3-8,10-11,17,19,22H,2,9,12-16H2,1H3,(H2,33,38)(H,39,40)(H,34,35,36). The van der Waals surface area contributed by atoms with Crippen LogP contribution in [-0.4, -0.2) is 45.1 Å². The lowest BCUT2D eigenvalue weighted by Gasteiger charge is -2.30. The highest BCUT2D eigenvalue weighted by Crippen LogP contribution is 2.33. The zero-order valence-electron chi connectivity index (χ0n) is 22.1. The molecule has 1 unspecified atom stereocenters. The number of nitrogens with zero attached hydrogens (tertiary/aromatic N) is 3. The highest BCUT2D eigenvalue weighted by atomic mass is 19.4. The number of carbonyl (C=O) groups excluding carboxylic acids is 1. The molecule has 1 aromatic heterocycles. The molecule has 3 aromatic rings. The molecule has 40 heavy (non-hydrogen) atoms. The molecule has 11 heteroatoms. The number of aromatic nitrogens is 2. The second-order valence-electron chi connectivity index (χ2n) is 9.90. The van der Waals surface area contributed by atoms with Crippen molar-refractivity contribution in [2.45, 2.75) is 57.0 Å². The van der Waals surface area contributed by atoms with E-state index in [1.165, 1.54) is 4.90 Å². The molecular weight excluding hydrogens is 523 g/mol. The van der Waals surface area contributed by atoms with E-state index in [9.17, 15) is 22.8 Å². The van der Waals surface area contributed by atoms with Crippen molar-refractivity contribution in [3.63, 3.8) is 0 Å². The molecule has 0 spiro atoms. The van der Waals surface area contributed by atoms with E-state index in [0.29, 0.717) is 30.8 Å². The fraction of sp³-hybridized carbons (Fsp3) is 0.379. The monoisotopic (exact) mass is 555 g/mol. The van der Waals surface area contributed by atoms with Crippen molar-refractivity contribution in [2.75, 3.05) is 18.4 Å². The van der Waals surface area contributed by atoms with Gasteiger partial charge >= 0.3 is 12.3 Å². The van der Waals surface area contributed by atoms with E-state index in [2.05, 4.69) is 15.3 Å². The molecule has 212 valence electrons. The third kappa shape index (κ3) is 6.88. The maximum absolute atomic E-state index is 13.8. The summed E-state index contributed by atoms with van der Waals surface area (Å²) in [6, 6.07) is 14.6. The maximum Gasteiger partial charge on any atom is 0.419 e. The largest absolute Gasteiger partial charge is 0.465 e. The van der Waals surface area contributed by atoms with Crippen LogP contribution in [0.15, 0.2) is 54.7 Å². The van der Waals surface area contributed by atoms with E-state index in [1.807, 2.05) is 31.2 Å². The molecule has 1 aliphatic rings. The number of benzene rings is 2. The molecule has 2 amide bonds. The van der Waals surface area contributed by atoms with E-state index >= 15 is 0 Å². The Morgan fingerprint density at radius 1 is 1.10 bits per heavy atom. The van der Waals surface area contributed by atoms with Crippen molar-refractivity contribution in [3.05, 3.63) is 82.7 Å². The van der Waals surface area contributed by atoms with Gasteiger partial charge in [0.05, 0.1) is 17.2 Å². The molecule has 2 heterocycles. The number of hydrogen-bond acceptors (Lipinski definition) is 5. The minimum Gasteiger partial charge on any atom is -0.465 e. The first-order valence-corrected chi connectivity index (χ1v) is 13.2. The number of nitrogens with one attached hydrogen (secondary N) is 1. The third-order valence-corrected chi connectivity index (χ3v) is 7.39. The normalized spacial score (nSPS) is 15.1. The van der Waals surface area contributed by atoms with E-state index in [1.54, 1.807) is 24.3 Å². The first-order chi connectivity index (χ1) is 19.1. The molecule has 0 bridgehead atoms. The van der Waals surface area contributed by atoms with Crippen LogP contribution in [0.3, 0.4) is 0 Å². The second-order valence-corrected chi connectivity index (χ2v) is 9.90. The van der Waals surface area contributed by atoms with Gasteiger partial charge in [-0.15, -0.1) is 0 Å². The first kappa shape index (κ1) is 28.8. The van der Waals surface area contributed by atoms with Crippen molar-refractivity contribution >= 4 is 23.6 Å². The number of anilines is 2. The summed E-state index contributed by atoms with van der Waals surface area (Å²) in [6.45, 7) is 2.80. The highest BCUT2D eigenvalue weighted by Gasteiger charge is 2.35. The zero-order valence-corrected chi connectivity index (χ0v) is 22.1. The summed E-state index contributed by atoms with van der Waals surface area (Å²) in [5.41, 5.74) is 7.67. The molecular formula is C29H32F3N5O3. The average molecular weight is 556 g/mol. The first-order valence-electron chi connectivity index (χ1n) is 13.2. The SMILES string of the molecule is CCC(C(N)=O)c1ccccc1CCc1nc(Nc2ccc(C3CCN(C(=O)O)CC3)cc2)ncc1C(F)(F)F. The van der Waals surface area contributed by atoms with Crippen LogP contribution in [0.4, 0.5) is 29.6 Å². The van der Waals surface area contributed by atoms with E-state index in [0.717, 1.165) is 30.2 Å². The smallest absolute Gasteiger partial charge is 0.419 e. The van der Waals surface area contributed by atoms with Crippen LogP contribution in [-0.2, 0) is 23.8 Å². The highest BCUT2D eigenvalue weighted by molar-refractivity contribution is 5.82. The number of halogens is 3. The Labute approximate surface area is 230 Å². The molecule has 0 aliphatic carbocycles. The predicted octanol–water partition coefficient (Wildman–Crippen LogP) is 5.86. The summed E-state index contributed by atoms with van der Waals surface area (Å²) < 4.78 is 41.4. The van der Waals surface area contributed by atoms with Gasteiger partial charge in [0.15, 0.2) is 0 Å². The Morgan fingerprint density at radius 3 is 2.38 bits per heavy atom. The van der Waals surface area contributed by atoms with Crippen molar-refractivity contribution < 1.29 is 27.9 Å². The molecule has 2 aromatic carbocycles. The summed E-state index contributed by atoms with van der Waals surface area (Å²) in [5, 5.41) is 12.1. The molecule has 4 N–H and O–H groups in total. The summed E-state index contributed by atoms with van der Waals surface area (Å²) in [4.78, 5) is 32.6. The lowest BCUT2D eigenvalue weighted by atomic mass is 9.89. The fourth-order valence-corrected chi connectivity index (χ4v) is 5.21. The Hall–Kier alpha value is -4.15. The number of hydrogen-bond donors (Lipinski definition) is 3. The third-order valence-electron chi connectivity index (χ3n) is 7.39. The number of carboxylic acid groups (broad SMARTS) is 1. The van der Waals surface area contributed by atoms with Gasteiger partial charge in [-0.1, -0.05) is 43.3 Å². The number of nitrogens with two attached hydrogens (primary N) is 1. The number of likely N-dealkylation sites (tertiary alicyclic amines) is 1. The van der Waals surface area contributed by atoms with Gasteiger partial charge < -0.3 is 21.1 Å². The van der Waals surface area contributed by atoms with Crippen LogP contribution in [0, 0.1) is 0 Å². The number of alkyl halides is 3. The minimum atomic E-state index is -4.62. The summed E-state index contributed by atoms with van der Waals surface area (Å²) in [6.07, 6.45) is -2.56. The topological polar surface area (TPSA) is 121 Å². The Balaban J connectivity index is 1.50. The number of aryl methyl sites for hydroxylation is 2. The van der Waals surface area contributed by atoms with Crippen molar-refractivity contribution in [3.8, 4) is 0 Å². The lowest BCUT2D eigenvalue weighted by Crippen LogP contribution is -2.36. The quantitative estimate of drug-likeness (QED) is 0.304. The van der Waals surface area contributed by atoms with Gasteiger partial charge in [-0.25, -0.2) is 14.8 Å². The predicted molar refractivity (Wildman–Crippen MR) is 144 cm³/mol. The second kappa shape index (κ2) is 12.4. The number of primary amides is 1. The molecule has 8 nitrogen and oxygen atoms in total. The van der Waals surface area contributed by atoms with Crippen LogP contribution in [0.2, 0.25) is 0 Å². The molecule has 1 aliphatic heterocycles. The van der Waals surface area contributed by atoms with Gasteiger partial charge in [0, 0.05) is 25.0 Å². The van der Waals surface area contributed by atoms with E-state index in [4.69, 9.17) is 10.8 Å². The summed E-state index contributed by atoms with van der Waals surface area (Å²) in [7, 11) is 0. The van der Waals surface area contributed by atoms with Crippen molar-refractivity contribution in [1.29, 1.82) is 0 Å². The van der Waals surface area contributed by atoms with Crippen LogP contribution in [0.25, 0.3) is 0 Å². The molecule has 1 saturated heterocycles. The van der Waals surface area contributed by atoms with Crippen LogP contribution in [0.5, 0.6) is 0 Å². The minimum absolute atomic E-state index is 0.00771. The molecule has 1 atom stereocenters. The van der Waals surface area contributed by atoms with Gasteiger partial charge in [-0.05, 0) is 66.8 Å². The maximum atomic E-state index is 13.8. The molecule has 1 fully saturated rings. The van der Waals surface area contributed by atoms with Gasteiger partial charge in [-0.3, -0.25) is 4.79 Å². The molecule has 4 rings (SSSR count). The Morgan fingerprint density at radius 2 is 1.77 bits per heavy atom. The van der Waals surface area contributed by atoms with Crippen molar-refractivity contribution in [1.82, 2.24) is 14.9 Å². The van der Waals surface area contributed by atoms with Crippen LogP contribution < -0.4 is 11.1 Å². The summed E-state index contributed by atoms with van der Waals surface area (Å²) in [5.74, 6) is -0.713. The van der Waals surface area contributed by atoms with E-state index in [-0.39, 0.29) is 30.4 Å². The van der Waals surface area contributed by atoms with Gasteiger partial charge in [0.1, 0.15) is 0 Å². The Bertz CT molecular complexity index is 1340. The number of rotatable bonds is 9. The average Bonchev–Trinajstić information content (AvgIpc) is 2.92. The number of piperidine rings is 1.